The SMILES string of the molecule is CCSCCCNc1cnccc1N(C)C. The largest absolute Gasteiger partial charge is 0.382 e. The predicted molar refractivity (Wildman–Crippen MR) is 74.7 cm³/mol. The Morgan fingerprint density at radius 1 is 1.44 bits per heavy atom. The minimum atomic E-state index is 1.01. The lowest BCUT2D eigenvalue weighted by Gasteiger charge is -2.17. The molecule has 0 bridgehead atoms. The fourth-order valence-corrected chi connectivity index (χ4v) is 2.09. The monoisotopic (exact) mass is 239 g/mol. The molecule has 1 N–H and O–H groups in total. The highest BCUT2D eigenvalue weighted by molar-refractivity contribution is 7.99. The first kappa shape index (κ1) is 13.2. The zero-order valence-electron chi connectivity index (χ0n) is 10.4. The van der Waals surface area contributed by atoms with Crippen LogP contribution >= 0.6 is 11.8 Å². The second kappa shape index (κ2) is 7.39. The molecule has 16 heavy (non-hydrogen) atoms. The summed E-state index contributed by atoms with van der Waals surface area (Å²) < 4.78 is 0. The topological polar surface area (TPSA) is 28.2 Å². The van der Waals surface area contributed by atoms with Crippen LogP contribution in [0.1, 0.15) is 13.3 Å². The Labute approximate surface area is 103 Å². The van der Waals surface area contributed by atoms with Crippen LogP contribution < -0.4 is 10.2 Å². The maximum Gasteiger partial charge on any atom is 0.0764 e. The molecule has 0 saturated carbocycles. The van der Waals surface area contributed by atoms with Crippen LogP contribution in [0.3, 0.4) is 0 Å². The first-order valence-corrected chi connectivity index (χ1v) is 6.84. The first-order chi connectivity index (χ1) is 7.75. The number of anilines is 2. The van der Waals surface area contributed by atoms with E-state index in [0.717, 1.165) is 12.2 Å². The number of pyridine rings is 1. The van der Waals surface area contributed by atoms with Gasteiger partial charge in [0, 0.05) is 26.8 Å². The zero-order valence-corrected chi connectivity index (χ0v) is 11.2. The third kappa shape index (κ3) is 4.31. The molecular formula is C12H21N3S. The summed E-state index contributed by atoms with van der Waals surface area (Å²) in [6, 6.07) is 2.03. The molecule has 0 aliphatic carbocycles. The summed E-state index contributed by atoms with van der Waals surface area (Å²) in [7, 11) is 4.10. The average Bonchev–Trinajstić information content (AvgIpc) is 2.29. The van der Waals surface area contributed by atoms with Gasteiger partial charge in [0.05, 0.1) is 17.6 Å². The van der Waals surface area contributed by atoms with E-state index in [-0.39, 0.29) is 0 Å². The van der Waals surface area contributed by atoms with Crippen molar-refractivity contribution in [2.24, 2.45) is 0 Å². The van der Waals surface area contributed by atoms with Gasteiger partial charge in [0.2, 0.25) is 0 Å². The Morgan fingerprint density at radius 2 is 2.25 bits per heavy atom. The summed E-state index contributed by atoms with van der Waals surface area (Å²) in [6.45, 7) is 3.21. The van der Waals surface area contributed by atoms with Crippen LogP contribution in [0.5, 0.6) is 0 Å². The summed E-state index contributed by atoms with van der Waals surface area (Å²) >= 11 is 1.99. The summed E-state index contributed by atoms with van der Waals surface area (Å²) in [6.07, 6.45) is 4.91. The highest BCUT2D eigenvalue weighted by atomic mass is 32.2. The molecule has 1 rings (SSSR count). The van der Waals surface area contributed by atoms with Crippen LogP contribution in [0.25, 0.3) is 0 Å². The second-order valence-corrected chi connectivity index (χ2v) is 5.16. The van der Waals surface area contributed by atoms with E-state index in [1.807, 2.05) is 44.3 Å². The molecule has 0 fully saturated rings. The first-order valence-electron chi connectivity index (χ1n) is 5.68. The van der Waals surface area contributed by atoms with Crippen molar-refractivity contribution < 1.29 is 0 Å². The van der Waals surface area contributed by atoms with Crippen LogP contribution in [0.2, 0.25) is 0 Å². The fraction of sp³-hybridized carbons (Fsp3) is 0.583. The van der Waals surface area contributed by atoms with Crippen LogP contribution in [-0.2, 0) is 0 Å². The molecule has 90 valence electrons. The summed E-state index contributed by atoms with van der Waals surface area (Å²) in [5, 5.41) is 3.44. The molecule has 0 radical (unpaired) electrons. The summed E-state index contributed by atoms with van der Waals surface area (Å²) in [5.74, 6) is 2.43. The lowest BCUT2D eigenvalue weighted by molar-refractivity contribution is 0.984. The summed E-state index contributed by atoms with van der Waals surface area (Å²) in [4.78, 5) is 6.25. The maximum atomic E-state index is 4.15. The normalized spacial score (nSPS) is 10.2. The Balaban J connectivity index is 2.41. The molecule has 0 aromatic carbocycles. The third-order valence-corrected chi connectivity index (χ3v) is 3.25. The van der Waals surface area contributed by atoms with Gasteiger partial charge >= 0.3 is 0 Å². The Morgan fingerprint density at radius 3 is 2.94 bits per heavy atom. The molecular weight excluding hydrogens is 218 g/mol. The molecule has 1 aromatic rings. The highest BCUT2D eigenvalue weighted by Gasteiger charge is 2.02. The minimum Gasteiger partial charge on any atom is -0.382 e. The molecule has 0 unspecified atom stereocenters. The van der Waals surface area contributed by atoms with E-state index >= 15 is 0 Å². The summed E-state index contributed by atoms with van der Waals surface area (Å²) in [5.41, 5.74) is 2.31. The molecule has 0 aliphatic heterocycles. The van der Waals surface area contributed by atoms with Gasteiger partial charge < -0.3 is 10.2 Å². The number of rotatable bonds is 7. The van der Waals surface area contributed by atoms with E-state index in [9.17, 15) is 0 Å². The number of thioether (sulfide) groups is 1. The smallest absolute Gasteiger partial charge is 0.0764 e. The van der Waals surface area contributed by atoms with Crippen molar-refractivity contribution in [3.8, 4) is 0 Å². The number of hydrogen-bond acceptors (Lipinski definition) is 4. The van der Waals surface area contributed by atoms with Crippen LogP contribution in [0, 0.1) is 0 Å². The fourth-order valence-electron chi connectivity index (χ4n) is 1.45. The molecule has 3 nitrogen and oxygen atoms in total. The Bertz CT molecular complexity index is 302. The quantitative estimate of drug-likeness (QED) is 0.741. The van der Waals surface area contributed by atoms with Crippen LogP contribution in [0.15, 0.2) is 18.5 Å². The van der Waals surface area contributed by atoms with Gasteiger partial charge in [0.15, 0.2) is 0 Å². The van der Waals surface area contributed by atoms with Gasteiger partial charge in [-0.05, 0) is 24.0 Å². The number of nitrogens with zero attached hydrogens (tertiary/aromatic N) is 2. The van der Waals surface area contributed by atoms with Gasteiger partial charge in [0.1, 0.15) is 0 Å². The molecule has 0 atom stereocenters. The van der Waals surface area contributed by atoms with Crippen molar-refractivity contribution >= 4 is 23.1 Å². The Hall–Kier alpha value is -0.900. The van der Waals surface area contributed by atoms with Gasteiger partial charge in [-0.2, -0.15) is 11.8 Å². The van der Waals surface area contributed by atoms with Crippen LogP contribution in [-0.4, -0.2) is 37.1 Å². The Kier molecular flexibility index (Phi) is 6.08. The lowest BCUT2D eigenvalue weighted by atomic mass is 10.3. The van der Waals surface area contributed by atoms with Gasteiger partial charge in [-0.1, -0.05) is 6.92 Å². The standard InChI is InChI=1S/C12H21N3S/c1-4-16-9-5-7-14-11-10-13-8-6-12(11)15(2)3/h6,8,10,14H,4-5,7,9H2,1-3H3. The van der Waals surface area contributed by atoms with Crippen molar-refractivity contribution in [3.63, 3.8) is 0 Å². The second-order valence-electron chi connectivity index (χ2n) is 3.76. The molecule has 1 heterocycles. The van der Waals surface area contributed by atoms with Gasteiger partial charge in [-0.25, -0.2) is 0 Å². The van der Waals surface area contributed by atoms with E-state index < -0.39 is 0 Å². The molecule has 0 amide bonds. The van der Waals surface area contributed by atoms with Crippen molar-refractivity contribution in [3.05, 3.63) is 18.5 Å². The van der Waals surface area contributed by atoms with Crippen molar-refractivity contribution in [2.75, 3.05) is 42.4 Å². The van der Waals surface area contributed by atoms with Crippen molar-refractivity contribution in [1.82, 2.24) is 4.98 Å². The molecule has 0 saturated heterocycles. The van der Waals surface area contributed by atoms with Crippen molar-refractivity contribution in [1.29, 1.82) is 0 Å². The van der Waals surface area contributed by atoms with E-state index in [1.54, 1.807) is 0 Å². The highest BCUT2D eigenvalue weighted by Crippen LogP contribution is 2.21. The van der Waals surface area contributed by atoms with Gasteiger partial charge in [-0.3, -0.25) is 4.98 Å². The zero-order chi connectivity index (χ0) is 11.8. The lowest BCUT2D eigenvalue weighted by Crippen LogP contribution is -2.13. The van der Waals surface area contributed by atoms with Crippen molar-refractivity contribution in [2.45, 2.75) is 13.3 Å². The van der Waals surface area contributed by atoms with E-state index in [4.69, 9.17) is 0 Å². The number of hydrogen-bond donors (Lipinski definition) is 1. The van der Waals surface area contributed by atoms with Gasteiger partial charge in [-0.15, -0.1) is 0 Å². The third-order valence-electron chi connectivity index (χ3n) is 2.26. The molecule has 0 aliphatic rings. The number of aromatic nitrogens is 1. The van der Waals surface area contributed by atoms with Gasteiger partial charge in [0.25, 0.3) is 0 Å². The molecule has 1 aromatic heterocycles. The minimum absolute atomic E-state index is 1.01. The van der Waals surface area contributed by atoms with Crippen LogP contribution in [0.4, 0.5) is 11.4 Å². The van der Waals surface area contributed by atoms with E-state index in [2.05, 4.69) is 22.1 Å². The maximum absolute atomic E-state index is 4.15. The molecule has 4 heteroatoms. The average molecular weight is 239 g/mol. The number of nitrogens with one attached hydrogen (secondary N) is 1. The predicted octanol–water partition coefficient (Wildman–Crippen LogP) is 2.70. The molecule has 0 spiro atoms. The van der Waals surface area contributed by atoms with E-state index in [1.165, 1.54) is 23.6 Å². The van der Waals surface area contributed by atoms with E-state index in [0.29, 0.717) is 0 Å².